The molecule has 0 aliphatic carbocycles. The van der Waals surface area contributed by atoms with E-state index in [1.165, 1.54) is 23.9 Å². The Bertz CT molecular complexity index is 516. The first kappa shape index (κ1) is 13.1. The Morgan fingerprint density at radius 2 is 1.72 bits per heavy atom. The van der Waals surface area contributed by atoms with Crippen molar-refractivity contribution in [2.24, 2.45) is 0 Å². The van der Waals surface area contributed by atoms with Gasteiger partial charge in [-0.1, -0.05) is 30.3 Å². The molecule has 2 aromatic rings. The smallest absolute Gasteiger partial charge is 0.164 e. The highest BCUT2D eigenvalue weighted by Crippen LogP contribution is 2.26. The van der Waals surface area contributed by atoms with E-state index in [9.17, 15) is 13.9 Å². The summed E-state index contributed by atoms with van der Waals surface area (Å²) in [5, 5.41) is 9.86. The molecular formula is C14H12F2OS. The largest absolute Gasteiger partial charge is 0.387 e. The summed E-state index contributed by atoms with van der Waals surface area (Å²) in [6.07, 6.45) is -1.02. The number of hydrogen-bond donors (Lipinski definition) is 1. The highest BCUT2D eigenvalue weighted by Gasteiger charge is 2.15. The van der Waals surface area contributed by atoms with Crippen molar-refractivity contribution in [3.05, 3.63) is 65.7 Å². The maximum Gasteiger partial charge on any atom is 0.164 e. The lowest BCUT2D eigenvalue weighted by Gasteiger charge is -2.11. The Morgan fingerprint density at radius 1 is 1.00 bits per heavy atom. The highest BCUT2D eigenvalue weighted by molar-refractivity contribution is 7.99. The predicted molar refractivity (Wildman–Crippen MR) is 68.5 cm³/mol. The molecule has 1 nitrogen and oxygen atoms in total. The van der Waals surface area contributed by atoms with Crippen LogP contribution >= 0.6 is 11.8 Å². The van der Waals surface area contributed by atoms with Crippen LogP contribution in [0.15, 0.2) is 53.4 Å². The van der Waals surface area contributed by atoms with Crippen LogP contribution in [-0.2, 0) is 0 Å². The van der Waals surface area contributed by atoms with Gasteiger partial charge in [-0.25, -0.2) is 8.78 Å². The fraction of sp³-hybridized carbons (Fsp3) is 0.143. The van der Waals surface area contributed by atoms with Gasteiger partial charge in [0.1, 0.15) is 0 Å². The van der Waals surface area contributed by atoms with Gasteiger partial charge in [-0.2, -0.15) is 0 Å². The van der Waals surface area contributed by atoms with Crippen LogP contribution in [0.2, 0.25) is 0 Å². The summed E-state index contributed by atoms with van der Waals surface area (Å²) < 4.78 is 26.4. The molecule has 0 saturated heterocycles. The first-order valence-corrected chi connectivity index (χ1v) is 6.47. The summed E-state index contributed by atoms with van der Waals surface area (Å²) >= 11 is 1.40. The molecule has 1 N–H and O–H groups in total. The molecule has 94 valence electrons. The Morgan fingerprint density at radius 3 is 2.44 bits per heavy atom. The molecule has 0 bridgehead atoms. The second-order valence-electron chi connectivity index (χ2n) is 3.78. The van der Waals surface area contributed by atoms with E-state index in [0.29, 0.717) is 0 Å². The third-order valence-corrected chi connectivity index (χ3v) is 3.58. The van der Waals surface area contributed by atoms with Crippen LogP contribution in [0.25, 0.3) is 0 Å². The Labute approximate surface area is 108 Å². The van der Waals surface area contributed by atoms with E-state index >= 15 is 0 Å². The molecular weight excluding hydrogens is 254 g/mol. The van der Waals surface area contributed by atoms with Crippen LogP contribution in [0.3, 0.4) is 0 Å². The number of benzene rings is 2. The SMILES string of the molecule is OC(CSc1ccccc1)c1cccc(F)c1F. The van der Waals surface area contributed by atoms with Crippen LogP contribution in [-0.4, -0.2) is 10.9 Å². The molecule has 0 aliphatic heterocycles. The standard InChI is InChI=1S/C14H12F2OS/c15-12-8-4-7-11(14(12)16)13(17)9-18-10-5-2-1-3-6-10/h1-8,13,17H,9H2. The van der Waals surface area contributed by atoms with E-state index in [1.807, 2.05) is 30.3 Å². The highest BCUT2D eigenvalue weighted by atomic mass is 32.2. The molecule has 1 atom stereocenters. The Hall–Kier alpha value is -1.39. The van der Waals surface area contributed by atoms with Gasteiger partial charge < -0.3 is 5.11 Å². The summed E-state index contributed by atoms with van der Waals surface area (Å²) in [7, 11) is 0. The molecule has 0 fully saturated rings. The third kappa shape index (κ3) is 3.09. The molecule has 0 heterocycles. The lowest BCUT2D eigenvalue weighted by atomic mass is 10.1. The topological polar surface area (TPSA) is 20.2 Å². The number of rotatable bonds is 4. The van der Waals surface area contributed by atoms with Crippen LogP contribution in [0.1, 0.15) is 11.7 Å². The number of thioether (sulfide) groups is 1. The number of aliphatic hydroxyl groups is 1. The summed E-state index contributed by atoms with van der Waals surface area (Å²) in [6.45, 7) is 0. The van der Waals surface area contributed by atoms with Crippen molar-refractivity contribution >= 4 is 11.8 Å². The van der Waals surface area contributed by atoms with Gasteiger partial charge in [0.15, 0.2) is 11.6 Å². The lowest BCUT2D eigenvalue weighted by Crippen LogP contribution is -2.04. The van der Waals surface area contributed by atoms with Crippen molar-refractivity contribution in [3.8, 4) is 0 Å². The average Bonchev–Trinajstić information content (AvgIpc) is 2.40. The van der Waals surface area contributed by atoms with Gasteiger partial charge in [-0.05, 0) is 18.2 Å². The first-order valence-electron chi connectivity index (χ1n) is 5.48. The van der Waals surface area contributed by atoms with E-state index in [4.69, 9.17) is 0 Å². The Balaban J connectivity index is 2.04. The zero-order valence-corrected chi connectivity index (χ0v) is 10.3. The molecule has 18 heavy (non-hydrogen) atoms. The minimum Gasteiger partial charge on any atom is -0.387 e. The molecule has 0 amide bonds. The van der Waals surface area contributed by atoms with E-state index < -0.39 is 17.7 Å². The van der Waals surface area contributed by atoms with Gasteiger partial charge in [0.2, 0.25) is 0 Å². The van der Waals surface area contributed by atoms with Crippen LogP contribution in [0, 0.1) is 11.6 Å². The zero-order chi connectivity index (χ0) is 13.0. The average molecular weight is 266 g/mol. The lowest BCUT2D eigenvalue weighted by molar-refractivity contribution is 0.197. The number of aliphatic hydroxyl groups excluding tert-OH is 1. The second kappa shape index (κ2) is 5.98. The fourth-order valence-corrected chi connectivity index (χ4v) is 2.44. The molecule has 0 aliphatic rings. The first-order chi connectivity index (χ1) is 8.68. The maximum absolute atomic E-state index is 13.4. The third-order valence-electron chi connectivity index (χ3n) is 2.49. The van der Waals surface area contributed by atoms with E-state index in [1.54, 1.807) is 0 Å². The van der Waals surface area contributed by atoms with Crippen molar-refractivity contribution in [1.29, 1.82) is 0 Å². The van der Waals surface area contributed by atoms with Gasteiger partial charge in [-0.3, -0.25) is 0 Å². The quantitative estimate of drug-likeness (QED) is 0.850. The summed E-state index contributed by atoms with van der Waals surface area (Å²) in [5.41, 5.74) is -0.00145. The molecule has 0 saturated carbocycles. The normalized spacial score (nSPS) is 12.4. The number of halogens is 2. The van der Waals surface area contributed by atoms with Gasteiger partial charge in [0.25, 0.3) is 0 Å². The van der Waals surface area contributed by atoms with Crippen molar-refractivity contribution in [3.63, 3.8) is 0 Å². The van der Waals surface area contributed by atoms with Gasteiger partial charge in [-0.15, -0.1) is 11.8 Å². The van der Waals surface area contributed by atoms with Gasteiger partial charge in [0.05, 0.1) is 6.10 Å². The summed E-state index contributed by atoms with van der Waals surface area (Å²) in [6, 6.07) is 13.3. The fourth-order valence-electron chi connectivity index (χ4n) is 1.56. The Kier molecular flexibility index (Phi) is 4.33. The van der Waals surface area contributed by atoms with Gasteiger partial charge >= 0.3 is 0 Å². The van der Waals surface area contributed by atoms with Crippen molar-refractivity contribution < 1.29 is 13.9 Å². The monoisotopic (exact) mass is 266 g/mol. The van der Waals surface area contributed by atoms with Crippen molar-refractivity contribution in [2.75, 3.05) is 5.75 Å². The van der Waals surface area contributed by atoms with Gasteiger partial charge in [0, 0.05) is 16.2 Å². The van der Waals surface area contributed by atoms with E-state index in [-0.39, 0.29) is 11.3 Å². The molecule has 0 radical (unpaired) electrons. The molecule has 0 aromatic heterocycles. The summed E-state index contributed by atoms with van der Waals surface area (Å²) in [4.78, 5) is 0.980. The zero-order valence-electron chi connectivity index (χ0n) is 9.51. The van der Waals surface area contributed by atoms with Crippen molar-refractivity contribution in [2.45, 2.75) is 11.0 Å². The summed E-state index contributed by atoms with van der Waals surface area (Å²) in [5.74, 6) is -1.63. The van der Waals surface area contributed by atoms with Crippen LogP contribution < -0.4 is 0 Å². The number of hydrogen-bond acceptors (Lipinski definition) is 2. The molecule has 4 heteroatoms. The molecule has 2 aromatic carbocycles. The maximum atomic E-state index is 13.4. The van der Waals surface area contributed by atoms with E-state index in [2.05, 4.69) is 0 Å². The molecule has 2 rings (SSSR count). The minimum atomic E-state index is -1.02. The predicted octanol–water partition coefficient (Wildman–Crippen LogP) is 3.79. The van der Waals surface area contributed by atoms with Crippen molar-refractivity contribution in [1.82, 2.24) is 0 Å². The second-order valence-corrected chi connectivity index (χ2v) is 4.88. The van der Waals surface area contributed by atoms with Crippen LogP contribution in [0.5, 0.6) is 0 Å². The molecule has 1 unspecified atom stereocenters. The minimum absolute atomic E-state index is 0.00145. The van der Waals surface area contributed by atoms with E-state index in [0.717, 1.165) is 11.0 Å². The molecule has 0 spiro atoms. The van der Waals surface area contributed by atoms with Crippen LogP contribution in [0.4, 0.5) is 8.78 Å².